The number of carbonyl (C=O) groups excluding carboxylic acids is 1. The van der Waals surface area contributed by atoms with Crippen LogP contribution in [0.3, 0.4) is 0 Å². The Bertz CT molecular complexity index is 665. The SMILES string of the molecule is COC1C=CC(O)CC(O)CC=CC=CC(O)CC=CC=CC(=O)OC(C)CCCC1O. The molecule has 4 N–H and O–H groups in total. The number of carbonyl (C=O) groups is 1. The molecule has 0 saturated carbocycles. The minimum atomic E-state index is -0.870. The van der Waals surface area contributed by atoms with E-state index in [4.69, 9.17) is 9.47 Å². The average Bonchev–Trinajstić information content (AvgIpc) is 2.72. The summed E-state index contributed by atoms with van der Waals surface area (Å²) in [7, 11) is 1.48. The van der Waals surface area contributed by atoms with Crippen LogP contribution < -0.4 is 0 Å². The van der Waals surface area contributed by atoms with Gasteiger partial charge in [0.25, 0.3) is 0 Å². The molecule has 6 atom stereocenters. The summed E-state index contributed by atoms with van der Waals surface area (Å²) in [6.07, 6.45) is 14.9. The lowest BCUT2D eigenvalue weighted by Crippen LogP contribution is -2.27. The van der Waals surface area contributed by atoms with E-state index in [0.717, 1.165) is 0 Å². The fourth-order valence-corrected chi connectivity index (χ4v) is 3.15. The van der Waals surface area contributed by atoms with Gasteiger partial charge in [0.05, 0.1) is 30.5 Å². The van der Waals surface area contributed by atoms with Gasteiger partial charge in [0.1, 0.15) is 6.10 Å². The van der Waals surface area contributed by atoms with Crippen molar-refractivity contribution in [3.63, 3.8) is 0 Å². The van der Waals surface area contributed by atoms with Crippen LogP contribution in [0.4, 0.5) is 0 Å². The van der Waals surface area contributed by atoms with Gasteiger partial charge in [-0.2, -0.15) is 0 Å². The maximum Gasteiger partial charge on any atom is 0.331 e. The Hall–Kier alpha value is -2.03. The van der Waals surface area contributed by atoms with Crippen LogP contribution in [0.25, 0.3) is 0 Å². The van der Waals surface area contributed by atoms with Crippen LogP contribution in [0.15, 0.2) is 60.8 Å². The van der Waals surface area contributed by atoms with Gasteiger partial charge in [0.15, 0.2) is 0 Å². The molecule has 0 radical (unpaired) electrons. The fraction of sp³-hybridized carbons (Fsp3) is 0.560. The fourth-order valence-electron chi connectivity index (χ4n) is 3.15. The van der Waals surface area contributed by atoms with Crippen LogP contribution in [0.5, 0.6) is 0 Å². The summed E-state index contributed by atoms with van der Waals surface area (Å²) in [4.78, 5) is 11.9. The van der Waals surface area contributed by atoms with E-state index in [9.17, 15) is 25.2 Å². The highest BCUT2D eigenvalue weighted by atomic mass is 16.5. The van der Waals surface area contributed by atoms with Crippen molar-refractivity contribution in [3.8, 4) is 0 Å². The molecule has 0 amide bonds. The Labute approximate surface area is 191 Å². The zero-order valence-electron chi connectivity index (χ0n) is 19.0. The normalized spacial score (nSPS) is 32.4. The molecule has 0 aromatic carbocycles. The van der Waals surface area contributed by atoms with Gasteiger partial charge in [0.2, 0.25) is 0 Å². The molecule has 0 bridgehead atoms. The number of hydrogen-bond donors (Lipinski definition) is 4. The first kappa shape index (κ1) is 28.0. The Morgan fingerprint density at radius 1 is 0.906 bits per heavy atom. The van der Waals surface area contributed by atoms with E-state index in [1.807, 2.05) is 0 Å². The zero-order chi connectivity index (χ0) is 23.8. The van der Waals surface area contributed by atoms with Crippen molar-refractivity contribution in [2.45, 2.75) is 82.1 Å². The van der Waals surface area contributed by atoms with Crippen molar-refractivity contribution in [2.24, 2.45) is 0 Å². The van der Waals surface area contributed by atoms with Crippen molar-refractivity contribution >= 4 is 5.97 Å². The van der Waals surface area contributed by atoms with Gasteiger partial charge >= 0.3 is 5.97 Å². The van der Waals surface area contributed by atoms with E-state index in [1.54, 1.807) is 55.5 Å². The zero-order valence-corrected chi connectivity index (χ0v) is 19.0. The molecule has 1 aliphatic rings. The molecule has 1 heterocycles. The summed E-state index contributed by atoms with van der Waals surface area (Å²) in [5.74, 6) is -0.448. The van der Waals surface area contributed by atoms with Crippen molar-refractivity contribution in [3.05, 3.63) is 60.8 Å². The van der Waals surface area contributed by atoms with Crippen molar-refractivity contribution in [1.82, 2.24) is 0 Å². The number of esters is 1. The van der Waals surface area contributed by atoms with E-state index in [-0.39, 0.29) is 12.5 Å². The number of aliphatic hydroxyl groups is 4. The van der Waals surface area contributed by atoms with Gasteiger partial charge in [-0.3, -0.25) is 0 Å². The number of aliphatic hydroxyl groups excluding tert-OH is 4. The van der Waals surface area contributed by atoms with Crippen LogP contribution in [0.2, 0.25) is 0 Å². The molecule has 32 heavy (non-hydrogen) atoms. The average molecular weight is 451 g/mol. The van der Waals surface area contributed by atoms with Gasteiger partial charge in [-0.1, -0.05) is 54.7 Å². The highest BCUT2D eigenvalue weighted by Gasteiger charge is 2.17. The van der Waals surface area contributed by atoms with E-state index in [1.165, 1.54) is 19.3 Å². The predicted octanol–water partition coefficient (Wildman–Crippen LogP) is 2.51. The molecule has 7 heteroatoms. The molecule has 1 rings (SSSR count). The van der Waals surface area contributed by atoms with Gasteiger partial charge < -0.3 is 29.9 Å². The summed E-state index contributed by atoms with van der Waals surface area (Å²) in [5.41, 5.74) is 0. The van der Waals surface area contributed by atoms with Crippen LogP contribution in [-0.2, 0) is 14.3 Å². The smallest absolute Gasteiger partial charge is 0.331 e. The largest absolute Gasteiger partial charge is 0.460 e. The summed E-state index contributed by atoms with van der Waals surface area (Å²) >= 11 is 0. The summed E-state index contributed by atoms with van der Waals surface area (Å²) < 4.78 is 10.6. The highest BCUT2D eigenvalue weighted by molar-refractivity contribution is 5.82. The van der Waals surface area contributed by atoms with E-state index < -0.39 is 36.5 Å². The third-order valence-electron chi connectivity index (χ3n) is 4.96. The molecule has 0 aromatic heterocycles. The second kappa shape index (κ2) is 16.6. The Morgan fingerprint density at radius 3 is 2.38 bits per heavy atom. The molecule has 0 aromatic rings. The minimum absolute atomic E-state index is 0.154. The third-order valence-corrected chi connectivity index (χ3v) is 4.96. The Balaban J connectivity index is 2.79. The van der Waals surface area contributed by atoms with Crippen molar-refractivity contribution in [2.75, 3.05) is 7.11 Å². The molecule has 0 aliphatic carbocycles. The van der Waals surface area contributed by atoms with Crippen LogP contribution in [-0.4, -0.2) is 70.1 Å². The molecule has 0 fully saturated rings. The number of methoxy groups -OCH3 is 1. The van der Waals surface area contributed by atoms with Gasteiger partial charge in [-0.15, -0.1) is 0 Å². The quantitative estimate of drug-likeness (QED) is 0.358. The highest BCUT2D eigenvalue weighted by Crippen LogP contribution is 2.13. The van der Waals surface area contributed by atoms with Crippen molar-refractivity contribution in [1.29, 1.82) is 0 Å². The first-order valence-electron chi connectivity index (χ1n) is 11.1. The molecule has 0 spiro atoms. The van der Waals surface area contributed by atoms with E-state index in [0.29, 0.717) is 32.1 Å². The topological polar surface area (TPSA) is 116 Å². The first-order chi connectivity index (χ1) is 15.3. The van der Waals surface area contributed by atoms with Crippen LogP contribution >= 0.6 is 0 Å². The molecular weight excluding hydrogens is 412 g/mol. The number of allylic oxidation sites excluding steroid dienone is 4. The van der Waals surface area contributed by atoms with Gasteiger partial charge in [-0.25, -0.2) is 4.79 Å². The Kier molecular flexibility index (Phi) is 14.5. The molecule has 7 nitrogen and oxygen atoms in total. The van der Waals surface area contributed by atoms with Crippen molar-refractivity contribution < 1.29 is 34.7 Å². The third kappa shape index (κ3) is 13.4. The summed E-state index contributed by atoms with van der Waals surface area (Å²) in [6.45, 7) is 1.80. The first-order valence-corrected chi connectivity index (χ1v) is 11.1. The summed E-state index contributed by atoms with van der Waals surface area (Å²) in [6, 6.07) is 0. The lowest BCUT2D eigenvalue weighted by molar-refractivity contribution is -0.142. The van der Waals surface area contributed by atoms with Crippen LogP contribution in [0, 0.1) is 0 Å². The molecule has 1 aliphatic heterocycles. The minimum Gasteiger partial charge on any atom is -0.460 e. The monoisotopic (exact) mass is 450 g/mol. The number of hydrogen-bond acceptors (Lipinski definition) is 7. The second-order valence-electron chi connectivity index (χ2n) is 7.93. The molecular formula is C25H38O7. The predicted molar refractivity (Wildman–Crippen MR) is 124 cm³/mol. The maximum absolute atomic E-state index is 11.9. The van der Waals surface area contributed by atoms with Gasteiger partial charge in [0, 0.05) is 19.6 Å². The van der Waals surface area contributed by atoms with E-state index >= 15 is 0 Å². The lowest BCUT2D eigenvalue weighted by atomic mass is 10.0. The van der Waals surface area contributed by atoms with E-state index in [2.05, 4.69) is 0 Å². The summed E-state index contributed by atoms with van der Waals surface area (Å²) in [5, 5.41) is 40.5. The standard InChI is InChI=1S/C25H38O7/c1-19-10-9-14-23(29)24(31-2)17-16-22(28)18-21(27)13-7-3-5-11-20(26)12-6-4-8-15-25(30)32-19/h3-8,11,15-17,19-24,26-29H,9-10,12-14,18H2,1-2H3. The second-order valence-corrected chi connectivity index (χ2v) is 7.93. The molecule has 180 valence electrons. The number of rotatable bonds is 1. The Morgan fingerprint density at radius 2 is 1.62 bits per heavy atom. The van der Waals surface area contributed by atoms with Gasteiger partial charge in [-0.05, 0) is 39.0 Å². The maximum atomic E-state index is 11.9. The lowest BCUT2D eigenvalue weighted by Gasteiger charge is -2.20. The molecule has 6 unspecified atom stereocenters. The molecule has 0 saturated heterocycles. The number of cyclic esters (lactones) is 1. The number of ether oxygens (including phenoxy) is 2. The van der Waals surface area contributed by atoms with Crippen LogP contribution in [0.1, 0.15) is 45.4 Å².